The molecule has 0 saturated carbocycles. The first-order chi connectivity index (χ1) is 8.96. The molecule has 19 heavy (non-hydrogen) atoms. The SMILES string of the molecule is Cc1ccccc1N(C)S(=O)(=O)c1cc(CN)cs1. The lowest BCUT2D eigenvalue weighted by Crippen LogP contribution is -2.26. The van der Waals surface area contributed by atoms with Gasteiger partial charge in [0.05, 0.1) is 5.69 Å². The molecule has 2 rings (SSSR count). The van der Waals surface area contributed by atoms with Crippen LogP contribution in [0.2, 0.25) is 0 Å². The van der Waals surface area contributed by atoms with Gasteiger partial charge in [-0.15, -0.1) is 11.3 Å². The summed E-state index contributed by atoms with van der Waals surface area (Å²) in [6.45, 7) is 2.24. The largest absolute Gasteiger partial charge is 0.326 e. The molecular weight excluding hydrogens is 280 g/mol. The molecule has 0 aliphatic carbocycles. The Morgan fingerprint density at radius 2 is 2.00 bits per heavy atom. The summed E-state index contributed by atoms with van der Waals surface area (Å²) in [6, 6.07) is 9.03. The molecule has 0 saturated heterocycles. The van der Waals surface area contributed by atoms with Gasteiger partial charge < -0.3 is 5.73 Å². The zero-order valence-electron chi connectivity index (χ0n) is 10.8. The van der Waals surface area contributed by atoms with Crippen LogP contribution in [-0.2, 0) is 16.6 Å². The minimum atomic E-state index is -3.51. The van der Waals surface area contributed by atoms with Crippen molar-refractivity contribution < 1.29 is 8.42 Å². The highest BCUT2D eigenvalue weighted by Crippen LogP contribution is 2.28. The summed E-state index contributed by atoms with van der Waals surface area (Å²) in [5.41, 5.74) is 7.96. The molecule has 102 valence electrons. The Balaban J connectivity index is 2.42. The maximum Gasteiger partial charge on any atom is 0.273 e. The number of nitrogens with two attached hydrogens (primary N) is 1. The van der Waals surface area contributed by atoms with Crippen LogP contribution in [0.25, 0.3) is 0 Å². The van der Waals surface area contributed by atoms with E-state index in [1.165, 1.54) is 15.6 Å². The van der Waals surface area contributed by atoms with E-state index >= 15 is 0 Å². The van der Waals surface area contributed by atoms with Crippen molar-refractivity contribution >= 4 is 27.0 Å². The highest BCUT2D eigenvalue weighted by molar-refractivity contribution is 7.94. The van der Waals surface area contributed by atoms with Gasteiger partial charge in [-0.1, -0.05) is 18.2 Å². The van der Waals surface area contributed by atoms with E-state index in [1.807, 2.05) is 25.1 Å². The average Bonchev–Trinajstić information content (AvgIpc) is 2.88. The smallest absolute Gasteiger partial charge is 0.273 e. The molecule has 0 aliphatic heterocycles. The number of nitrogens with zero attached hydrogens (tertiary/aromatic N) is 1. The lowest BCUT2D eigenvalue weighted by molar-refractivity contribution is 0.596. The first-order valence-electron chi connectivity index (χ1n) is 5.79. The Morgan fingerprint density at radius 1 is 1.32 bits per heavy atom. The van der Waals surface area contributed by atoms with Crippen molar-refractivity contribution in [3.05, 3.63) is 46.8 Å². The number of hydrogen-bond acceptors (Lipinski definition) is 4. The van der Waals surface area contributed by atoms with Gasteiger partial charge in [0, 0.05) is 13.6 Å². The van der Waals surface area contributed by atoms with Crippen molar-refractivity contribution in [3.8, 4) is 0 Å². The summed E-state index contributed by atoms with van der Waals surface area (Å²) in [5.74, 6) is 0. The molecule has 6 heteroatoms. The molecule has 0 fully saturated rings. The molecule has 0 aliphatic rings. The molecule has 1 aromatic carbocycles. The standard InChI is InChI=1S/C13H16N2O2S2/c1-10-5-3-4-6-12(10)15(2)19(16,17)13-7-11(8-14)9-18-13/h3-7,9H,8,14H2,1-2H3. The van der Waals surface area contributed by atoms with Crippen molar-refractivity contribution in [3.63, 3.8) is 0 Å². The fraction of sp³-hybridized carbons (Fsp3) is 0.231. The predicted molar refractivity (Wildman–Crippen MR) is 79.0 cm³/mol. The summed E-state index contributed by atoms with van der Waals surface area (Å²) >= 11 is 1.20. The van der Waals surface area contributed by atoms with Crippen molar-refractivity contribution in [1.29, 1.82) is 0 Å². The van der Waals surface area contributed by atoms with Gasteiger partial charge in [-0.3, -0.25) is 4.31 Å². The molecule has 4 nitrogen and oxygen atoms in total. The fourth-order valence-corrected chi connectivity index (χ4v) is 4.43. The van der Waals surface area contributed by atoms with E-state index in [1.54, 1.807) is 24.6 Å². The molecule has 0 unspecified atom stereocenters. The second kappa shape index (κ2) is 5.32. The van der Waals surface area contributed by atoms with E-state index in [0.29, 0.717) is 16.4 Å². The zero-order valence-corrected chi connectivity index (χ0v) is 12.5. The van der Waals surface area contributed by atoms with E-state index in [2.05, 4.69) is 0 Å². The molecule has 0 spiro atoms. The topological polar surface area (TPSA) is 63.4 Å². The van der Waals surface area contributed by atoms with Gasteiger partial charge in [-0.05, 0) is 35.6 Å². The van der Waals surface area contributed by atoms with Gasteiger partial charge in [0.15, 0.2) is 0 Å². The molecule has 2 aromatic rings. The fourth-order valence-electron chi connectivity index (χ4n) is 1.78. The highest BCUT2D eigenvalue weighted by Gasteiger charge is 2.23. The Kier molecular flexibility index (Phi) is 3.93. The number of benzene rings is 1. The number of rotatable bonds is 4. The van der Waals surface area contributed by atoms with Crippen LogP contribution in [0.1, 0.15) is 11.1 Å². The molecule has 0 radical (unpaired) electrons. The van der Waals surface area contributed by atoms with Crippen LogP contribution in [-0.4, -0.2) is 15.5 Å². The van der Waals surface area contributed by atoms with Crippen LogP contribution >= 0.6 is 11.3 Å². The van der Waals surface area contributed by atoms with Crippen LogP contribution in [0.3, 0.4) is 0 Å². The lowest BCUT2D eigenvalue weighted by atomic mass is 10.2. The minimum Gasteiger partial charge on any atom is -0.326 e. The van der Waals surface area contributed by atoms with E-state index in [9.17, 15) is 8.42 Å². The number of hydrogen-bond donors (Lipinski definition) is 1. The number of anilines is 1. The molecular formula is C13H16N2O2S2. The summed E-state index contributed by atoms with van der Waals surface area (Å²) in [5, 5.41) is 1.78. The average molecular weight is 296 g/mol. The maximum absolute atomic E-state index is 12.5. The van der Waals surface area contributed by atoms with Crippen molar-refractivity contribution in [2.75, 3.05) is 11.4 Å². The number of thiophene rings is 1. The maximum atomic E-state index is 12.5. The molecule has 1 heterocycles. The second-order valence-electron chi connectivity index (χ2n) is 4.24. The first-order valence-corrected chi connectivity index (χ1v) is 8.11. The van der Waals surface area contributed by atoms with Gasteiger partial charge in [-0.2, -0.15) is 0 Å². The molecule has 0 amide bonds. The normalized spacial score (nSPS) is 11.5. The van der Waals surface area contributed by atoms with Crippen LogP contribution < -0.4 is 10.0 Å². The highest BCUT2D eigenvalue weighted by atomic mass is 32.2. The lowest BCUT2D eigenvalue weighted by Gasteiger charge is -2.20. The van der Waals surface area contributed by atoms with Crippen LogP contribution in [0, 0.1) is 6.92 Å². The number of para-hydroxylation sites is 1. The van der Waals surface area contributed by atoms with Crippen LogP contribution in [0.4, 0.5) is 5.69 Å². The third-order valence-corrected chi connectivity index (χ3v) is 6.17. The molecule has 0 atom stereocenters. The second-order valence-corrected chi connectivity index (χ2v) is 7.34. The molecule has 1 aromatic heterocycles. The van der Waals surface area contributed by atoms with E-state index in [4.69, 9.17) is 5.73 Å². The Hall–Kier alpha value is -1.37. The zero-order chi connectivity index (χ0) is 14.0. The molecule has 2 N–H and O–H groups in total. The first kappa shape index (κ1) is 14.0. The van der Waals surface area contributed by atoms with Gasteiger partial charge >= 0.3 is 0 Å². The van der Waals surface area contributed by atoms with Crippen molar-refractivity contribution in [1.82, 2.24) is 0 Å². The summed E-state index contributed by atoms with van der Waals surface area (Å²) in [6.07, 6.45) is 0. The van der Waals surface area contributed by atoms with Crippen LogP contribution in [0.5, 0.6) is 0 Å². The summed E-state index contributed by atoms with van der Waals surface area (Å²) in [4.78, 5) is 0. The van der Waals surface area contributed by atoms with Gasteiger partial charge in [0.2, 0.25) is 0 Å². The number of sulfonamides is 1. The van der Waals surface area contributed by atoms with Crippen molar-refractivity contribution in [2.45, 2.75) is 17.7 Å². The van der Waals surface area contributed by atoms with Crippen molar-refractivity contribution in [2.24, 2.45) is 5.73 Å². The number of aryl methyl sites for hydroxylation is 1. The Morgan fingerprint density at radius 3 is 2.58 bits per heavy atom. The summed E-state index contributed by atoms with van der Waals surface area (Å²) < 4.78 is 26.7. The quantitative estimate of drug-likeness (QED) is 0.942. The molecule has 0 bridgehead atoms. The minimum absolute atomic E-state index is 0.318. The van der Waals surface area contributed by atoms with Crippen LogP contribution in [0.15, 0.2) is 39.9 Å². The third-order valence-electron chi connectivity index (χ3n) is 2.93. The van der Waals surface area contributed by atoms with Gasteiger partial charge in [0.25, 0.3) is 10.0 Å². The van der Waals surface area contributed by atoms with E-state index in [-0.39, 0.29) is 0 Å². The van der Waals surface area contributed by atoms with E-state index < -0.39 is 10.0 Å². The van der Waals surface area contributed by atoms with E-state index in [0.717, 1.165) is 11.1 Å². The Bertz CT molecular complexity index is 677. The Labute approximate surface area is 117 Å². The third kappa shape index (κ3) is 2.65. The van der Waals surface area contributed by atoms with Gasteiger partial charge in [-0.25, -0.2) is 8.42 Å². The summed E-state index contributed by atoms with van der Waals surface area (Å²) in [7, 11) is -1.94. The predicted octanol–water partition coefficient (Wildman–Crippen LogP) is 2.34. The monoisotopic (exact) mass is 296 g/mol. The van der Waals surface area contributed by atoms with Gasteiger partial charge in [0.1, 0.15) is 4.21 Å².